The second kappa shape index (κ2) is 9.79. The maximum absolute atomic E-state index is 12.6. The number of nitrogens with one attached hydrogen (secondary N) is 1. The van der Waals surface area contributed by atoms with Crippen LogP contribution < -0.4 is 5.32 Å². The third-order valence-corrected chi connectivity index (χ3v) is 4.93. The molecule has 0 unspecified atom stereocenters. The molecule has 25 heavy (non-hydrogen) atoms. The summed E-state index contributed by atoms with van der Waals surface area (Å²) in [5, 5.41) is 2.71. The van der Waals surface area contributed by atoms with Crippen LogP contribution in [0, 0.1) is 0 Å². The molecule has 0 saturated heterocycles. The fourth-order valence-corrected chi connectivity index (χ4v) is 3.31. The molecule has 3 nitrogen and oxygen atoms in total. The summed E-state index contributed by atoms with van der Waals surface area (Å²) < 4.78 is 25.2. The summed E-state index contributed by atoms with van der Waals surface area (Å²) in [6.07, 6.45) is 2.02. The number of para-hydroxylation sites is 1. The van der Waals surface area contributed by atoms with Gasteiger partial charge in [0, 0.05) is 16.3 Å². The first kappa shape index (κ1) is 19.8. The van der Waals surface area contributed by atoms with Gasteiger partial charge in [-0.3, -0.25) is 9.69 Å². The van der Waals surface area contributed by atoms with E-state index in [9.17, 15) is 13.6 Å². The number of nitrogens with zero attached hydrogens (tertiary/aromatic N) is 1. The number of hydrogen-bond donors (Lipinski definition) is 1. The summed E-state index contributed by atoms with van der Waals surface area (Å²) in [4.78, 5) is 15.6. The number of thioether (sulfide) groups is 2. The molecule has 0 aliphatic rings. The summed E-state index contributed by atoms with van der Waals surface area (Å²) in [7, 11) is 1.85. The molecule has 0 spiro atoms. The minimum atomic E-state index is -2.52. The van der Waals surface area contributed by atoms with Crippen molar-refractivity contribution < 1.29 is 13.6 Å². The van der Waals surface area contributed by atoms with Gasteiger partial charge in [0.1, 0.15) is 0 Å². The number of rotatable bonds is 8. The van der Waals surface area contributed by atoms with Crippen molar-refractivity contribution in [2.75, 3.05) is 25.2 Å². The molecule has 0 atom stereocenters. The normalized spacial score (nSPS) is 11.1. The van der Waals surface area contributed by atoms with Crippen molar-refractivity contribution in [3.8, 4) is 0 Å². The Kier molecular flexibility index (Phi) is 7.74. The van der Waals surface area contributed by atoms with Gasteiger partial charge in [0.2, 0.25) is 5.91 Å². The zero-order valence-electron chi connectivity index (χ0n) is 14.0. The molecular formula is C18H20F2N2OS2. The minimum absolute atomic E-state index is 0.179. The van der Waals surface area contributed by atoms with Crippen molar-refractivity contribution in [3.05, 3.63) is 54.1 Å². The highest BCUT2D eigenvalue weighted by molar-refractivity contribution is 7.99. The molecular weight excluding hydrogens is 362 g/mol. The van der Waals surface area contributed by atoms with E-state index < -0.39 is 5.76 Å². The lowest BCUT2D eigenvalue weighted by atomic mass is 10.2. The predicted molar refractivity (Wildman–Crippen MR) is 101 cm³/mol. The van der Waals surface area contributed by atoms with Crippen LogP contribution in [0.3, 0.4) is 0 Å². The van der Waals surface area contributed by atoms with Gasteiger partial charge in [-0.25, -0.2) is 0 Å². The van der Waals surface area contributed by atoms with Gasteiger partial charge >= 0.3 is 0 Å². The van der Waals surface area contributed by atoms with Crippen LogP contribution in [0.4, 0.5) is 14.5 Å². The minimum Gasteiger partial charge on any atom is -0.324 e. The first-order valence-corrected chi connectivity index (χ1v) is 9.73. The number of likely N-dealkylation sites (N-methyl/N-ethyl adjacent to an activating group) is 1. The molecule has 2 aromatic carbocycles. The summed E-state index contributed by atoms with van der Waals surface area (Å²) in [5.74, 6) is -2.75. The SMILES string of the molecule is CSc1ccc(CN(C)CC(=O)Nc2ccccc2SC(F)F)cc1. The zero-order chi connectivity index (χ0) is 18.2. The summed E-state index contributed by atoms with van der Waals surface area (Å²) in [5.41, 5.74) is 1.53. The lowest BCUT2D eigenvalue weighted by Gasteiger charge is -2.17. The Bertz CT molecular complexity index is 696. The van der Waals surface area contributed by atoms with E-state index in [0.717, 1.165) is 5.56 Å². The van der Waals surface area contributed by atoms with Crippen LogP contribution in [0.25, 0.3) is 0 Å². The number of hydrogen-bond acceptors (Lipinski definition) is 4. The van der Waals surface area contributed by atoms with Crippen molar-refractivity contribution in [3.63, 3.8) is 0 Å². The Morgan fingerprint density at radius 3 is 2.48 bits per heavy atom. The van der Waals surface area contributed by atoms with Gasteiger partial charge in [-0.15, -0.1) is 11.8 Å². The lowest BCUT2D eigenvalue weighted by Crippen LogP contribution is -2.30. The third kappa shape index (κ3) is 6.68. The number of alkyl halides is 2. The molecule has 2 rings (SSSR count). The summed E-state index contributed by atoms with van der Waals surface area (Å²) in [6, 6.07) is 14.8. The van der Waals surface area contributed by atoms with Crippen molar-refractivity contribution in [2.45, 2.75) is 22.1 Å². The molecule has 0 radical (unpaired) electrons. The van der Waals surface area contributed by atoms with Crippen LogP contribution in [0.15, 0.2) is 58.3 Å². The Morgan fingerprint density at radius 2 is 1.84 bits per heavy atom. The van der Waals surface area contributed by atoms with Gasteiger partial charge in [0.15, 0.2) is 0 Å². The van der Waals surface area contributed by atoms with Gasteiger partial charge in [-0.1, -0.05) is 36.0 Å². The Labute approximate surface area is 155 Å². The summed E-state index contributed by atoms with van der Waals surface area (Å²) in [6.45, 7) is 0.813. The Morgan fingerprint density at radius 1 is 1.16 bits per heavy atom. The number of amides is 1. The molecule has 2 aromatic rings. The maximum atomic E-state index is 12.6. The molecule has 1 amide bonds. The van der Waals surface area contributed by atoms with Crippen molar-refractivity contribution in [2.24, 2.45) is 0 Å². The number of carbonyl (C=O) groups excluding carboxylic acids is 1. The highest BCUT2D eigenvalue weighted by atomic mass is 32.2. The molecule has 0 aromatic heterocycles. The highest BCUT2D eigenvalue weighted by Gasteiger charge is 2.13. The number of anilines is 1. The number of carbonyl (C=O) groups is 1. The Hall–Kier alpha value is -1.57. The first-order valence-electron chi connectivity index (χ1n) is 7.63. The van der Waals surface area contributed by atoms with Crippen LogP contribution in [-0.2, 0) is 11.3 Å². The number of halogens is 2. The monoisotopic (exact) mass is 382 g/mol. The van der Waals surface area contributed by atoms with Crippen LogP contribution in [0.2, 0.25) is 0 Å². The van der Waals surface area contributed by atoms with E-state index in [1.165, 1.54) is 4.90 Å². The maximum Gasteiger partial charge on any atom is 0.288 e. The van der Waals surface area contributed by atoms with Crippen LogP contribution in [-0.4, -0.2) is 36.4 Å². The molecule has 0 aliphatic carbocycles. The average Bonchev–Trinajstić information content (AvgIpc) is 2.56. The van der Waals surface area contributed by atoms with E-state index in [1.807, 2.05) is 42.5 Å². The van der Waals surface area contributed by atoms with Gasteiger partial charge in [-0.2, -0.15) is 8.78 Å². The smallest absolute Gasteiger partial charge is 0.288 e. The standard InChI is InChI=1S/C18H20F2N2OS2/c1-22(11-13-7-9-14(24-2)10-8-13)12-17(23)21-15-5-3-4-6-16(15)25-18(19)20/h3-10,18H,11-12H2,1-2H3,(H,21,23). The zero-order valence-corrected chi connectivity index (χ0v) is 15.7. The molecule has 0 fully saturated rings. The van der Waals surface area contributed by atoms with E-state index in [-0.39, 0.29) is 12.5 Å². The quantitative estimate of drug-likeness (QED) is 0.665. The van der Waals surface area contributed by atoms with Gasteiger partial charge < -0.3 is 5.32 Å². The van der Waals surface area contributed by atoms with E-state index in [0.29, 0.717) is 28.9 Å². The van der Waals surface area contributed by atoms with E-state index in [2.05, 4.69) is 5.32 Å². The van der Waals surface area contributed by atoms with Gasteiger partial charge in [0.05, 0.1) is 12.2 Å². The second-order valence-corrected chi connectivity index (χ2v) is 7.35. The second-order valence-electron chi connectivity index (χ2n) is 5.44. The van der Waals surface area contributed by atoms with Crippen LogP contribution in [0.1, 0.15) is 5.56 Å². The number of benzene rings is 2. The highest BCUT2D eigenvalue weighted by Crippen LogP contribution is 2.31. The fraction of sp³-hybridized carbons (Fsp3) is 0.278. The molecule has 0 heterocycles. The summed E-state index contributed by atoms with van der Waals surface area (Å²) >= 11 is 2.11. The van der Waals surface area contributed by atoms with E-state index in [4.69, 9.17) is 0 Å². The third-order valence-electron chi connectivity index (χ3n) is 3.40. The topological polar surface area (TPSA) is 32.3 Å². The van der Waals surface area contributed by atoms with Gasteiger partial charge in [-0.05, 0) is 43.1 Å². The van der Waals surface area contributed by atoms with Crippen LogP contribution >= 0.6 is 23.5 Å². The fourth-order valence-electron chi connectivity index (χ4n) is 2.30. The average molecular weight is 383 g/mol. The molecule has 134 valence electrons. The first-order chi connectivity index (χ1) is 12.0. The van der Waals surface area contributed by atoms with Crippen LogP contribution in [0.5, 0.6) is 0 Å². The predicted octanol–water partition coefficient (Wildman–Crippen LogP) is 4.79. The van der Waals surface area contributed by atoms with Crippen molar-refractivity contribution in [1.29, 1.82) is 0 Å². The molecule has 0 aliphatic heterocycles. The molecule has 0 saturated carbocycles. The lowest BCUT2D eigenvalue weighted by molar-refractivity contribution is -0.117. The molecule has 7 heteroatoms. The largest absolute Gasteiger partial charge is 0.324 e. The molecule has 1 N–H and O–H groups in total. The van der Waals surface area contributed by atoms with Gasteiger partial charge in [0.25, 0.3) is 5.76 Å². The van der Waals surface area contributed by atoms with Crippen molar-refractivity contribution in [1.82, 2.24) is 4.90 Å². The molecule has 0 bridgehead atoms. The Balaban J connectivity index is 1.91. The van der Waals surface area contributed by atoms with E-state index >= 15 is 0 Å². The van der Waals surface area contributed by atoms with Crippen molar-refractivity contribution >= 4 is 35.1 Å². The van der Waals surface area contributed by atoms with E-state index in [1.54, 1.807) is 36.0 Å².